The first-order chi connectivity index (χ1) is 11.5. The topological polar surface area (TPSA) is 88.0 Å². The first kappa shape index (κ1) is 15.7. The number of carbonyl (C=O) groups excluding carboxylic acids is 1. The van der Waals surface area contributed by atoms with Crippen LogP contribution < -0.4 is 5.32 Å². The molecule has 0 spiro atoms. The first-order valence-corrected chi connectivity index (χ1v) is 7.57. The summed E-state index contributed by atoms with van der Waals surface area (Å²) in [6, 6.07) is 12.2. The van der Waals surface area contributed by atoms with E-state index in [1.54, 1.807) is 12.1 Å². The molecule has 0 atom stereocenters. The predicted molar refractivity (Wildman–Crippen MR) is 93.2 cm³/mol. The van der Waals surface area contributed by atoms with Gasteiger partial charge in [-0.05, 0) is 37.6 Å². The zero-order valence-electron chi connectivity index (χ0n) is 13.4. The Labute approximate surface area is 138 Å². The molecule has 6 heteroatoms. The molecule has 24 heavy (non-hydrogen) atoms. The van der Waals surface area contributed by atoms with E-state index in [0.29, 0.717) is 0 Å². The quantitative estimate of drug-likeness (QED) is 0.564. The number of para-hydroxylation sites is 2. The summed E-state index contributed by atoms with van der Waals surface area (Å²) < 4.78 is 0. The van der Waals surface area contributed by atoms with Gasteiger partial charge in [-0.15, -0.1) is 0 Å². The summed E-state index contributed by atoms with van der Waals surface area (Å²) in [6.07, 6.45) is 0.154. The molecule has 0 aliphatic rings. The van der Waals surface area contributed by atoms with Crippen LogP contribution in [-0.4, -0.2) is 15.8 Å². The van der Waals surface area contributed by atoms with Crippen LogP contribution in [0.5, 0.6) is 0 Å². The van der Waals surface area contributed by atoms with Gasteiger partial charge in [0.15, 0.2) is 0 Å². The Morgan fingerprint density at radius 2 is 1.96 bits per heavy atom. The maximum atomic E-state index is 12.4. The van der Waals surface area contributed by atoms with Crippen LogP contribution in [0.3, 0.4) is 0 Å². The smallest absolute Gasteiger partial charge is 0.292 e. The monoisotopic (exact) mass is 323 g/mol. The van der Waals surface area contributed by atoms with Gasteiger partial charge in [-0.25, -0.2) is 0 Å². The Morgan fingerprint density at radius 1 is 1.21 bits per heavy atom. The maximum Gasteiger partial charge on any atom is 0.292 e. The summed E-state index contributed by atoms with van der Waals surface area (Å²) in [6.45, 7) is 3.92. The summed E-state index contributed by atoms with van der Waals surface area (Å²) in [5, 5.41) is 14.7. The molecule has 0 fully saturated rings. The average Bonchev–Trinajstić information content (AvgIpc) is 2.83. The van der Waals surface area contributed by atoms with E-state index in [1.807, 2.05) is 32.0 Å². The van der Waals surface area contributed by atoms with Crippen molar-refractivity contribution in [3.8, 4) is 0 Å². The molecular weight excluding hydrogens is 306 g/mol. The number of nitro benzene ring substituents is 1. The Hall–Kier alpha value is -3.15. The summed E-state index contributed by atoms with van der Waals surface area (Å²) >= 11 is 0. The lowest BCUT2D eigenvalue weighted by atomic mass is 10.1. The van der Waals surface area contributed by atoms with Crippen molar-refractivity contribution in [2.75, 3.05) is 5.32 Å². The number of rotatable bonds is 4. The number of amides is 1. The van der Waals surface area contributed by atoms with Crippen molar-refractivity contribution in [2.24, 2.45) is 0 Å². The number of fused-ring (bicyclic) bond motifs is 1. The highest BCUT2D eigenvalue weighted by molar-refractivity contribution is 5.97. The molecule has 0 unspecified atom stereocenters. The number of benzene rings is 2. The van der Waals surface area contributed by atoms with Gasteiger partial charge >= 0.3 is 0 Å². The van der Waals surface area contributed by atoms with E-state index < -0.39 is 4.92 Å². The number of aryl methyl sites for hydroxylation is 2. The second-order valence-corrected chi connectivity index (χ2v) is 5.78. The molecule has 3 aromatic rings. The van der Waals surface area contributed by atoms with E-state index in [2.05, 4.69) is 10.3 Å². The van der Waals surface area contributed by atoms with E-state index >= 15 is 0 Å². The van der Waals surface area contributed by atoms with Crippen molar-refractivity contribution in [1.29, 1.82) is 0 Å². The number of H-pyrrole nitrogens is 1. The summed E-state index contributed by atoms with van der Waals surface area (Å²) in [5.74, 6) is -0.283. The fourth-order valence-electron chi connectivity index (χ4n) is 2.82. The third kappa shape index (κ3) is 2.99. The van der Waals surface area contributed by atoms with Gasteiger partial charge in [-0.3, -0.25) is 14.9 Å². The third-order valence-electron chi connectivity index (χ3n) is 3.99. The number of nitrogens with one attached hydrogen (secondary N) is 2. The average molecular weight is 323 g/mol. The summed E-state index contributed by atoms with van der Waals surface area (Å²) in [7, 11) is 0. The molecule has 0 saturated heterocycles. The molecule has 0 saturated carbocycles. The van der Waals surface area contributed by atoms with Crippen molar-refractivity contribution in [3.05, 3.63) is 69.4 Å². The van der Waals surface area contributed by atoms with E-state index in [-0.39, 0.29) is 23.7 Å². The summed E-state index contributed by atoms with van der Waals surface area (Å²) in [4.78, 5) is 26.2. The van der Waals surface area contributed by atoms with Gasteiger partial charge in [-0.2, -0.15) is 0 Å². The number of hydrogen-bond donors (Lipinski definition) is 2. The molecule has 1 heterocycles. The van der Waals surface area contributed by atoms with Gasteiger partial charge in [0.25, 0.3) is 5.69 Å². The molecular formula is C18H17N3O3. The van der Waals surface area contributed by atoms with Crippen LogP contribution in [0.25, 0.3) is 10.9 Å². The largest absolute Gasteiger partial charge is 0.358 e. The summed E-state index contributed by atoms with van der Waals surface area (Å²) in [5.41, 5.74) is 4.02. The highest BCUT2D eigenvalue weighted by Crippen LogP contribution is 2.26. The molecule has 0 aliphatic heterocycles. The van der Waals surface area contributed by atoms with Gasteiger partial charge < -0.3 is 10.3 Å². The molecule has 0 radical (unpaired) electrons. The molecule has 3 rings (SSSR count). The minimum atomic E-state index is -0.504. The molecule has 0 bridgehead atoms. The Balaban J connectivity index is 1.87. The van der Waals surface area contributed by atoms with Crippen molar-refractivity contribution < 1.29 is 9.72 Å². The van der Waals surface area contributed by atoms with Crippen LogP contribution in [0.15, 0.2) is 42.5 Å². The van der Waals surface area contributed by atoms with Crippen LogP contribution in [0, 0.1) is 24.0 Å². The van der Waals surface area contributed by atoms with Crippen LogP contribution in [0.4, 0.5) is 11.4 Å². The highest BCUT2D eigenvalue weighted by Gasteiger charge is 2.17. The third-order valence-corrected chi connectivity index (χ3v) is 3.99. The van der Waals surface area contributed by atoms with Crippen LogP contribution in [-0.2, 0) is 11.2 Å². The number of aromatic amines is 1. The van der Waals surface area contributed by atoms with Crippen LogP contribution in [0.1, 0.15) is 16.8 Å². The molecule has 2 aromatic carbocycles. The Morgan fingerprint density at radius 3 is 2.71 bits per heavy atom. The molecule has 1 amide bonds. The molecule has 122 valence electrons. The lowest BCUT2D eigenvalue weighted by Gasteiger charge is -2.06. The van der Waals surface area contributed by atoms with E-state index in [9.17, 15) is 14.9 Å². The van der Waals surface area contributed by atoms with Crippen molar-refractivity contribution >= 4 is 28.2 Å². The van der Waals surface area contributed by atoms with E-state index in [1.165, 1.54) is 12.1 Å². The number of anilines is 1. The van der Waals surface area contributed by atoms with Crippen molar-refractivity contribution in [2.45, 2.75) is 20.3 Å². The van der Waals surface area contributed by atoms with Crippen LogP contribution in [0.2, 0.25) is 0 Å². The fraction of sp³-hybridized carbons (Fsp3) is 0.167. The van der Waals surface area contributed by atoms with Gasteiger partial charge in [0.1, 0.15) is 5.69 Å². The second-order valence-electron chi connectivity index (χ2n) is 5.78. The predicted octanol–water partition coefficient (Wildman–Crippen LogP) is 3.87. The number of nitrogens with zero attached hydrogens (tertiary/aromatic N) is 1. The molecule has 0 aliphatic carbocycles. The molecule has 6 nitrogen and oxygen atoms in total. The minimum Gasteiger partial charge on any atom is -0.358 e. The van der Waals surface area contributed by atoms with E-state index in [4.69, 9.17) is 0 Å². The normalized spacial score (nSPS) is 10.8. The lowest BCUT2D eigenvalue weighted by Crippen LogP contribution is -2.15. The van der Waals surface area contributed by atoms with Gasteiger partial charge in [-0.1, -0.05) is 23.8 Å². The second kappa shape index (κ2) is 6.16. The number of hydrogen-bond acceptors (Lipinski definition) is 3. The van der Waals surface area contributed by atoms with Crippen molar-refractivity contribution in [3.63, 3.8) is 0 Å². The standard InChI is InChI=1S/C18H17N3O3/c1-11-7-8-15-14(9-11)13(12(2)19-15)10-18(22)20-16-5-3-4-6-17(16)21(23)24/h3-9,19H,10H2,1-2H3,(H,20,22). The van der Waals surface area contributed by atoms with Gasteiger partial charge in [0.2, 0.25) is 5.91 Å². The zero-order valence-corrected chi connectivity index (χ0v) is 13.4. The first-order valence-electron chi connectivity index (χ1n) is 7.57. The molecule has 1 aromatic heterocycles. The fourth-order valence-corrected chi connectivity index (χ4v) is 2.82. The van der Waals surface area contributed by atoms with Crippen molar-refractivity contribution in [1.82, 2.24) is 4.98 Å². The minimum absolute atomic E-state index is 0.114. The van der Waals surface area contributed by atoms with Gasteiger partial charge in [0.05, 0.1) is 11.3 Å². The number of aromatic nitrogens is 1. The van der Waals surface area contributed by atoms with E-state index in [0.717, 1.165) is 27.7 Å². The SMILES string of the molecule is Cc1ccc2[nH]c(C)c(CC(=O)Nc3ccccc3[N+](=O)[O-])c2c1. The van der Waals surface area contributed by atoms with Gasteiger partial charge in [0, 0.05) is 22.7 Å². The van der Waals surface area contributed by atoms with Crippen LogP contribution >= 0.6 is 0 Å². The lowest BCUT2D eigenvalue weighted by molar-refractivity contribution is -0.383. The zero-order chi connectivity index (χ0) is 17.3. The molecule has 2 N–H and O–H groups in total. The number of nitro groups is 1. The highest BCUT2D eigenvalue weighted by atomic mass is 16.6. The Bertz CT molecular complexity index is 944. The Kier molecular flexibility index (Phi) is 4.04. The maximum absolute atomic E-state index is 12.4. The number of carbonyl (C=O) groups is 1.